The lowest BCUT2D eigenvalue weighted by Gasteiger charge is -2.18. The van der Waals surface area contributed by atoms with Crippen LogP contribution in [0.2, 0.25) is 5.02 Å². The van der Waals surface area contributed by atoms with Crippen LogP contribution in [-0.2, 0) is 4.79 Å². The van der Waals surface area contributed by atoms with E-state index in [0.29, 0.717) is 5.02 Å². The number of nitrogens with zero attached hydrogens (tertiary/aromatic N) is 1. The van der Waals surface area contributed by atoms with Crippen molar-refractivity contribution in [2.75, 3.05) is 0 Å². The van der Waals surface area contributed by atoms with E-state index in [-0.39, 0.29) is 17.2 Å². The molecule has 0 radical (unpaired) electrons. The highest BCUT2D eigenvalue weighted by molar-refractivity contribution is 8.00. The molecule has 1 aromatic heterocycles. The van der Waals surface area contributed by atoms with Gasteiger partial charge in [-0.2, -0.15) is 0 Å². The van der Waals surface area contributed by atoms with Crippen LogP contribution >= 0.6 is 23.4 Å². The van der Waals surface area contributed by atoms with Crippen molar-refractivity contribution in [3.05, 3.63) is 71.6 Å². The summed E-state index contributed by atoms with van der Waals surface area (Å²) in [5, 5.41) is 3.57. The predicted molar refractivity (Wildman–Crippen MR) is 112 cm³/mol. The summed E-state index contributed by atoms with van der Waals surface area (Å²) in [6.07, 6.45) is 2.57. The van der Waals surface area contributed by atoms with Crippen molar-refractivity contribution in [2.45, 2.75) is 36.5 Å². The van der Waals surface area contributed by atoms with Gasteiger partial charge < -0.3 is 10.3 Å². The Kier molecular flexibility index (Phi) is 6.58. The first-order valence-electron chi connectivity index (χ1n) is 8.89. The fraction of sp³-hybridized carbons (Fsp3) is 0.238. The molecule has 6 heteroatoms. The van der Waals surface area contributed by atoms with E-state index in [4.69, 9.17) is 11.6 Å². The van der Waals surface area contributed by atoms with Gasteiger partial charge in [0.25, 0.3) is 0 Å². The highest BCUT2D eigenvalue weighted by Gasteiger charge is 2.21. The lowest BCUT2D eigenvalue weighted by atomic mass is 10.2. The Morgan fingerprint density at radius 2 is 1.89 bits per heavy atom. The van der Waals surface area contributed by atoms with Gasteiger partial charge in [-0.25, -0.2) is 4.98 Å². The molecule has 27 heavy (non-hydrogen) atoms. The Morgan fingerprint density at radius 1 is 1.19 bits per heavy atom. The minimum Gasteiger partial charge on any atom is -0.345 e. The van der Waals surface area contributed by atoms with E-state index < -0.39 is 0 Å². The minimum absolute atomic E-state index is 0.0144. The lowest BCUT2D eigenvalue weighted by Crippen LogP contribution is -2.34. The molecule has 0 aliphatic carbocycles. The largest absolute Gasteiger partial charge is 0.345 e. The van der Waals surface area contributed by atoms with Crippen molar-refractivity contribution < 1.29 is 4.79 Å². The van der Waals surface area contributed by atoms with Crippen LogP contribution in [0.5, 0.6) is 0 Å². The number of hydrogen-bond donors (Lipinski definition) is 2. The second-order valence-corrected chi connectivity index (χ2v) is 8.08. The lowest BCUT2D eigenvalue weighted by molar-refractivity contribution is -0.121. The molecular weight excluding hydrogens is 378 g/mol. The molecule has 0 saturated heterocycles. The van der Waals surface area contributed by atoms with Crippen molar-refractivity contribution in [2.24, 2.45) is 0 Å². The molecule has 2 unspecified atom stereocenters. The summed E-state index contributed by atoms with van der Waals surface area (Å²) in [7, 11) is 0. The Hall–Kier alpha value is -2.24. The number of carbonyl (C=O) groups is 1. The third-order valence-corrected chi connectivity index (χ3v) is 5.59. The number of aromatic nitrogens is 2. The maximum atomic E-state index is 12.6. The van der Waals surface area contributed by atoms with Gasteiger partial charge in [-0.15, -0.1) is 11.8 Å². The van der Waals surface area contributed by atoms with Crippen molar-refractivity contribution in [1.29, 1.82) is 0 Å². The van der Waals surface area contributed by atoms with Gasteiger partial charge in [-0.3, -0.25) is 4.79 Å². The van der Waals surface area contributed by atoms with E-state index in [0.717, 1.165) is 28.4 Å². The summed E-state index contributed by atoms with van der Waals surface area (Å²) in [6, 6.07) is 17.4. The van der Waals surface area contributed by atoms with Gasteiger partial charge in [-0.1, -0.05) is 48.9 Å². The van der Waals surface area contributed by atoms with E-state index in [1.807, 2.05) is 74.6 Å². The van der Waals surface area contributed by atoms with Crippen LogP contribution in [-0.4, -0.2) is 21.1 Å². The molecule has 1 heterocycles. The fourth-order valence-corrected chi connectivity index (χ4v) is 3.70. The molecule has 0 saturated carbocycles. The quantitative estimate of drug-likeness (QED) is 0.517. The normalized spacial score (nSPS) is 13.1. The number of benzene rings is 2. The molecule has 2 N–H and O–H groups in total. The average molecular weight is 400 g/mol. The Labute approximate surface area is 168 Å². The van der Waals surface area contributed by atoms with Gasteiger partial charge in [0.05, 0.1) is 23.2 Å². The number of rotatable bonds is 7. The maximum Gasteiger partial charge on any atom is 0.233 e. The topological polar surface area (TPSA) is 57.8 Å². The zero-order valence-corrected chi connectivity index (χ0v) is 16.8. The molecule has 0 aliphatic rings. The van der Waals surface area contributed by atoms with E-state index >= 15 is 0 Å². The average Bonchev–Trinajstić information content (AvgIpc) is 3.18. The molecule has 3 aromatic rings. The number of hydrogen-bond acceptors (Lipinski definition) is 3. The summed E-state index contributed by atoms with van der Waals surface area (Å²) in [6.45, 7) is 3.94. The number of H-pyrrole nitrogens is 1. The molecule has 140 valence electrons. The predicted octanol–water partition coefficient (Wildman–Crippen LogP) is 5.48. The van der Waals surface area contributed by atoms with Gasteiger partial charge >= 0.3 is 0 Å². The van der Waals surface area contributed by atoms with Crippen LogP contribution in [0.4, 0.5) is 0 Å². The summed E-state index contributed by atoms with van der Waals surface area (Å²) in [5.41, 5.74) is 2.02. The molecule has 2 atom stereocenters. The molecule has 1 amide bonds. The fourth-order valence-electron chi connectivity index (χ4n) is 2.70. The SMILES string of the molecule is CCC(NC(=O)C(C)Sc1ccc(Cl)cc1)c1ncc(-c2ccccc2)[nH]1. The van der Waals surface area contributed by atoms with Gasteiger partial charge in [0.1, 0.15) is 5.82 Å². The molecule has 0 fully saturated rings. The van der Waals surface area contributed by atoms with Gasteiger partial charge in [0, 0.05) is 9.92 Å². The zero-order chi connectivity index (χ0) is 19.2. The van der Waals surface area contributed by atoms with Crippen molar-refractivity contribution in [3.63, 3.8) is 0 Å². The second kappa shape index (κ2) is 9.11. The number of imidazole rings is 1. The Bertz CT molecular complexity index is 880. The Balaban J connectivity index is 1.65. The molecule has 0 aliphatic heterocycles. The molecule has 0 spiro atoms. The van der Waals surface area contributed by atoms with E-state index in [1.54, 1.807) is 0 Å². The zero-order valence-electron chi connectivity index (χ0n) is 15.3. The summed E-state index contributed by atoms with van der Waals surface area (Å²) in [5.74, 6) is 0.757. The monoisotopic (exact) mass is 399 g/mol. The summed E-state index contributed by atoms with van der Waals surface area (Å²) >= 11 is 7.42. The number of amides is 1. The van der Waals surface area contributed by atoms with Crippen LogP contribution in [0.1, 0.15) is 32.1 Å². The molecule has 0 bridgehead atoms. The summed E-state index contributed by atoms with van der Waals surface area (Å²) < 4.78 is 0. The van der Waals surface area contributed by atoms with Crippen molar-refractivity contribution >= 4 is 29.3 Å². The number of nitrogens with one attached hydrogen (secondary N) is 2. The van der Waals surface area contributed by atoms with Gasteiger partial charge in [0.2, 0.25) is 5.91 Å². The minimum atomic E-state index is -0.219. The van der Waals surface area contributed by atoms with Gasteiger partial charge in [0.15, 0.2) is 0 Å². The van der Waals surface area contributed by atoms with E-state index in [2.05, 4.69) is 15.3 Å². The molecule has 3 rings (SSSR count). The van der Waals surface area contributed by atoms with Crippen LogP contribution < -0.4 is 5.32 Å². The summed E-state index contributed by atoms with van der Waals surface area (Å²) in [4.78, 5) is 21.5. The van der Waals surface area contributed by atoms with Crippen molar-refractivity contribution in [3.8, 4) is 11.3 Å². The van der Waals surface area contributed by atoms with Crippen LogP contribution in [0.15, 0.2) is 65.7 Å². The van der Waals surface area contributed by atoms with E-state index in [1.165, 1.54) is 11.8 Å². The van der Waals surface area contributed by atoms with Crippen LogP contribution in [0, 0.1) is 0 Å². The first-order valence-corrected chi connectivity index (χ1v) is 10.2. The van der Waals surface area contributed by atoms with E-state index in [9.17, 15) is 4.79 Å². The molecule has 2 aromatic carbocycles. The first kappa shape index (κ1) is 19.5. The first-order chi connectivity index (χ1) is 13.1. The highest BCUT2D eigenvalue weighted by atomic mass is 35.5. The van der Waals surface area contributed by atoms with Gasteiger partial charge in [-0.05, 0) is 43.2 Å². The Morgan fingerprint density at radius 3 is 2.56 bits per heavy atom. The molecular formula is C21H22ClN3OS. The number of halogens is 1. The number of thioether (sulfide) groups is 1. The second-order valence-electron chi connectivity index (χ2n) is 6.23. The van der Waals surface area contributed by atoms with Crippen molar-refractivity contribution in [1.82, 2.24) is 15.3 Å². The third-order valence-electron chi connectivity index (χ3n) is 4.23. The maximum absolute atomic E-state index is 12.6. The van der Waals surface area contributed by atoms with Crippen LogP contribution in [0.3, 0.4) is 0 Å². The number of carbonyl (C=O) groups excluding carboxylic acids is 1. The standard InChI is InChI=1S/C21H22ClN3OS/c1-3-18(20-23-13-19(24-20)15-7-5-4-6-8-15)25-21(26)14(2)27-17-11-9-16(22)10-12-17/h4-14,18H,3H2,1-2H3,(H,23,24)(H,25,26). The third kappa shape index (κ3) is 5.15. The number of aromatic amines is 1. The van der Waals surface area contributed by atoms with Crippen LogP contribution in [0.25, 0.3) is 11.3 Å². The molecule has 4 nitrogen and oxygen atoms in total. The highest BCUT2D eigenvalue weighted by Crippen LogP contribution is 2.26. The smallest absolute Gasteiger partial charge is 0.233 e.